The fourth-order valence-electron chi connectivity index (χ4n) is 1.59. The second kappa shape index (κ2) is 6.69. The Kier molecular flexibility index (Phi) is 5.23. The van der Waals surface area contributed by atoms with Gasteiger partial charge in [0.25, 0.3) is 0 Å². The molecule has 4 N–H and O–H groups in total. The first-order valence-electron chi connectivity index (χ1n) is 6.11. The van der Waals surface area contributed by atoms with Crippen LogP contribution >= 0.6 is 0 Å². The number of carbonyl (C=O) groups is 3. The number of halogens is 1. The predicted octanol–water partition coefficient (Wildman–Crippen LogP) is 1.25. The van der Waals surface area contributed by atoms with Gasteiger partial charge in [-0.3, -0.25) is 4.79 Å². The highest BCUT2D eigenvalue weighted by Crippen LogP contribution is 2.17. The van der Waals surface area contributed by atoms with E-state index in [9.17, 15) is 18.8 Å². The van der Waals surface area contributed by atoms with Crippen molar-refractivity contribution >= 4 is 23.6 Å². The zero-order valence-electron chi connectivity index (χ0n) is 11.6. The van der Waals surface area contributed by atoms with Crippen LogP contribution in [0.25, 0.3) is 0 Å². The van der Waals surface area contributed by atoms with E-state index in [-0.39, 0.29) is 23.8 Å². The molecule has 0 aliphatic heterocycles. The minimum Gasteiger partial charge on any atom is -0.478 e. The highest BCUT2D eigenvalue weighted by molar-refractivity contribution is 5.93. The highest BCUT2D eigenvalue weighted by Gasteiger charge is 2.20. The summed E-state index contributed by atoms with van der Waals surface area (Å²) < 4.78 is 13.7. The number of hydrogen-bond donors (Lipinski definition) is 3. The Labute approximate surface area is 120 Å². The number of primary amides is 1. The lowest BCUT2D eigenvalue weighted by atomic mass is 10.2. The number of benzene rings is 1. The molecule has 0 atom stereocenters. The van der Waals surface area contributed by atoms with Gasteiger partial charge < -0.3 is 21.1 Å². The number of amides is 3. The third-order valence-corrected chi connectivity index (χ3v) is 2.67. The molecule has 0 unspecified atom stereocenters. The Morgan fingerprint density at radius 3 is 2.43 bits per heavy atom. The first-order valence-corrected chi connectivity index (χ1v) is 6.11. The van der Waals surface area contributed by atoms with E-state index in [1.165, 1.54) is 0 Å². The molecule has 0 aliphatic carbocycles. The molecule has 0 heterocycles. The quantitative estimate of drug-likeness (QED) is 0.759. The minimum absolute atomic E-state index is 0.180. The molecule has 7 nitrogen and oxygen atoms in total. The number of urea groups is 1. The summed E-state index contributed by atoms with van der Waals surface area (Å²) in [7, 11) is 0. The summed E-state index contributed by atoms with van der Waals surface area (Å²) in [6.45, 7) is 3.04. The minimum atomic E-state index is -1.27. The van der Waals surface area contributed by atoms with E-state index in [2.05, 4.69) is 5.32 Å². The maximum atomic E-state index is 13.7. The van der Waals surface area contributed by atoms with Crippen LogP contribution in [0.2, 0.25) is 0 Å². The molecule has 0 radical (unpaired) electrons. The van der Waals surface area contributed by atoms with Crippen LogP contribution in [0.3, 0.4) is 0 Å². The fraction of sp³-hybridized carbons (Fsp3) is 0.308. The topological polar surface area (TPSA) is 113 Å². The number of carboxylic acid groups (broad SMARTS) is 1. The molecule has 21 heavy (non-hydrogen) atoms. The van der Waals surface area contributed by atoms with Crippen molar-refractivity contribution in [3.63, 3.8) is 0 Å². The number of aromatic carboxylic acids is 1. The lowest BCUT2D eigenvalue weighted by Crippen LogP contribution is -2.45. The van der Waals surface area contributed by atoms with Gasteiger partial charge in [0, 0.05) is 6.04 Å². The largest absolute Gasteiger partial charge is 0.478 e. The van der Waals surface area contributed by atoms with E-state index in [1.54, 1.807) is 13.8 Å². The summed E-state index contributed by atoms with van der Waals surface area (Å²) in [4.78, 5) is 34.7. The van der Waals surface area contributed by atoms with Crippen molar-refractivity contribution in [1.82, 2.24) is 4.90 Å². The molecule has 0 spiro atoms. The summed E-state index contributed by atoms with van der Waals surface area (Å²) in [6.07, 6.45) is 0. The van der Waals surface area contributed by atoms with E-state index < -0.39 is 23.7 Å². The van der Waals surface area contributed by atoms with E-state index in [0.29, 0.717) is 0 Å². The number of carboxylic acids is 1. The molecular formula is C13H16FN3O4. The van der Waals surface area contributed by atoms with Crippen molar-refractivity contribution in [2.45, 2.75) is 19.9 Å². The molecule has 8 heteroatoms. The van der Waals surface area contributed by atoms with Crippen molar-refractivity contribution < 1.29 is 23.9 Å². The van der Waals surface area contributed by atoms with Gasteiger partial charge >= 0.3 is 12.0 Å². The highest BCUT2D eigenvalue weighted by atomic mass is 19.1. The first kappa shape index (κ1) is 16.4. The molecule has 0 fully saturated rings. The lowest BCUT2D eigenvalue weighted by Gasteiger charge is -2.25. The van der Waals surface area contributed by atoms with Gasteiger partial charge in [-0.25, -0.2) is 14.0 Å². The molecule has 1 aromatic carbocycles. The van der Waals surface area contributed by atoms with Crippen LogP contribution in [0.15, 0.2) is 18.2 Å². The van der Waals surface area contributed by atoms with E-state index >= 15 is 0 Å². The molecule has 0 aliphatic rings. The van der Waals surface area contributed by atoms with Gasteiger partial charge in [-0.1, -0.05) is 0 Å². The molecule has 1 aromatic rings. The number of anilines is 1. The Morgan fingerprint density at radius 2 is 2.00 bits per heavy atom. The standard InChI is InChI=1S/C13H16FN3O4/c1-7(2)17(6-11(15)18)13(21)16-10-4-3-8(12(19)20)5-9(10)14/h3-5,7H,6H2,1-2H3,(H2,15,18)(H,16,21)(H,19,20). The Hall–Kier alpha value is -2.64. The van der Waals surface area contributed by atoms with Gasteiger partial charge in [0.2, 0.25) is 5.91 Å². The van der Waals surface area contributed by atoms with Crippen LogP contribution in [-0.4, -0.2) is 40.5 Å². The average molecular weight is 297 g/mol. The zero-order valence-corrected chi connectivity index (χ0v) is 11.6. The second-order valence-corrected chi connectivity index (χ2v) is 4.62. The molecule has 1 rings (SSSR count). The van der Waals surface area contributed by atoms with Gasteiger partial charge in [-0.2, -0.15) is 0 Å². The summed E-state index contributed by atoms with van der Waals surface area (Å²) in [5, 5.41) is 11.0. The molecular weight excluding hydrogens is 281 g/mol. The summed E-state index contributed by atoms with van der Waals surface area (Å²) in [5.74, 6) is -2.85. The Balaban J connectivity index is 2.91. The van der Waals surface area contributed by atoms with Crippen LogP contribution < -0.4 is 11.1 Å². The second-order valence-electron chi connectivity index (χ2n) is 4.62. The zero-order chi connectivity index (χ0) is 16.2. The summed E-state index contributed by atoms with van der Waals surface area (Å²) in [6, 6.07) is 2.07. The van der Waals surface area contributed by atoms with Crippen molar-refractivity contribution in [1.29, 1.82) is 0 Å². The SMILES string of the molecule is CC(C)N(CC(N)=O)C(=O)Nc1ccc(C(=O)O)cc1F. The summed E-state index contributed by atoms with van der Waals surface area (Å²) >= 11 is 0. The number of rotatable bonds is 5. The molecule has 0 bridgehead atoms. The molecule has 114 valence electrons. The number of nitrogens with two attached hydrogens (primary N) is 1. The number of nitrogens with one attached hydrogen (secondary N) is 1. The average Bonchev–Trinajstić information content (AvgIpc) is 2.37. The molecule has 0 saturated heterocycles. The van der Waals surface area contributed by atoms with Crippen LogP contribution in [0.4, 0.5) is 14.9 Å². The number of carbonyl (C=O) groups excluding carboxylic acids is 2. The van der Waals surface area contributed by atoms with Crippen molar-refractivity contribution in [3.05, 3.63) is 29.6 Å². The third kappa shape index (κ3) is 4.44. The van der Waals surface area contributed by atoms with E-state index in [4.69, 9.17) is 10.8 Å². The maximum Gasteiger partial charge on any atom is 0.335 e. The van der Waals surface area contributed by atoms with Crippen LogP contribution in [0, 0.1) is 5.82 Å². The Morgan fingerprint density at radius 1 is 1.38 bits per heavy atom. The van der Waals surface area contributed by atoms with Crippen molar-refractivity contribution in [2.75, 3.05) is 11.9 Å². The van der Waals surface area contributed by atoms with Gasteiger partial charge in [-0.15, -0.1) is 0 Å². The number of hydrogen-bond acceptors (Lipinski definition) is 3. The third-order valence-electron chi connectivity index (χ3n) is 2.67. The van der Waals surface area contributed by atoms with Crippen molar-refractivity contribution in [3.8, 4) is 0 Å². The normalized spacial score (nSPS) is 10.3. The van der Waals surface area contributed by atoms with E-state index in [1.807, 2.05) is 0 Å². The van der Waals surface area contributed by atoms with Gasteiger partial charge in [0.1, 0.15) is 12.4 Å². The van der Waals surface area contributed by atoms with Crippen molar-refractivity contribution in [2.24, 2.45) is 5.73 Å². The first-order chi connectivity index (χ1) is 9.72. The van der Waals surface area contributed by atoms with Crippen LogP contribution in [0.5, 0.6) is 0 Å². The fourth-order valence-corrected chi connectivity index (χ4v) is 1.59. The Bertz CT molecular complexity index is 575. The maximum absolute atomic E-state index is 13.7. The molecule has 0 saturated carbocycles. The number of nitrogens with zero attached hydrogens (tertiary/aromatic N) is 1. The summed E-state index contributed by atoms with van der Waals surface area (Å²) in [5.41, 5.74) is 4.63. The molecule has 3 amide bonds. The van der Waals surface area contributed by atoms with E-state index in [0.717, 1.165) is 23.1 Å². The molecule has 0 aromatic heterocycles. The van der Waals surface area contributed by atoms with Gasteiger partial charge in [0.15, 0.2) is 0 Å². The predicted molar refractivity (Wildman–Crippen MR) is 73.4 cm³/mol. The van der Waals surface area contributed by atoms with Gasteiger partial charge in [0.05, 0.1) is 11.3 Å². The smallest absolute Gasteiger partial charge is 0.335 e. The van der Waals surface area contributed by atoms with Crippen LogP contribution in [0.1, 0.15) is 24.2 Å². The van der Waals surface area contributed by atoms with Gasteiger partial charge in [-0.05, 0) is 32.0 Å². The lowest BCUT2D eigenvalue weighted by molar-refractivity contribution is -0.118. The van der Waals surface area contributed by atoms with Crippen LogP contribution in [-0.2, 0) is 4.79 Å². The monoisotopic (exact) mass is 297 g/mol.